The molecule has 0 fully saturated rings. The number of aromatic nitrogens is 2. The van der Waals surface area contributed by atoms with Gasteiger partial charge in [-0.3, -0.25) is 9.89 Å². The number of carbonyl (C=O) groups excluding carboxylic acids is 2. The number of benzene rings is 1. The molecule has 114 valence electrons. The van der Waals surface area contributed by atoms with Crippen molar-refractivity contribution in [3.63, 3.8) is 0 Å². The molecule has 1 N–H and O–H groups in total. The van der Waals surface area contributed by atoms with Crippen molar-refractivity contribution in [3.05, 3.63) is 51.8 Å². The summed E-state index contributed by atoms with van der Waals surface area (Å²) >= 11 is 5.83. The van der Waals surface area contributed by atoms with E-state index in [0.717, 1.165) is 11.3 Å². The van der Waals surface area contributed by atoms with Gasteiger partial charge < -0.3 is 9.64 Å². The van der Waals surface area contributed by atoms with Gasteiger partial charge in [0.05, 0.1) is 19.3 Å². The number of esters is 1. The Morgan fingerprint density at radius 2 is 2.05 bits per heavy atom. The van der Waals surface area contributed by atoms with E-state index >= 15 is 0 Å². The third-order valence-electron chi connectivity index (χ3n) is 3.69. The summed E-state index contributed by atoms with van der Waals surface area (Å²) in [7, 11) is 1.32. The van der Waals surface area contributed by atoms with E-state index in [1.807, 2.05) is 0 Å². The van der Waals surface area contributed by atoms with Gasteiger partial charge >= 0.3 is 5.97 Å². The van der Waals surface area contributed by atoms with Crippen LogP contribution in [-0.2, 0) is 17.7 Å². The highest BCUT2D eigenvalue weighted by molar-refractivity contribution is 6.30. The van der Waals surface area contributed by atoms with Crippen molar-refractivity contribution in [3.8, 4) is 0 Å². The van der Waals surface area contributed by atoms with Gasteiger partial charge in [0.2, 0.25) is 0 Å². The molecule has 0 spiro atoms. The second-order valence-electron chi connectivity index (χ2n) is 5.00. The zero-order valence-electron chi connectivity index (χ0n) is 11.9. The molecule has 6 nitrogen and oxygen atoms in total. The van der Waals surface area contributed by atoms with Gasteiger partial charge in [-0.1, -0.05) is 11.6 Å². The average molecular weight is 320 g/mol. The van der Waals surface area contributed by atoms with Gasteiger partial charge in [0.15, 0.2) is 5.69 Å². The predicted octanol–water partition coefficient (Wildman–Crippen LogP) is 2.05. The molecule has 1 aromatic heterocycles. The molecule has 0 unspecified atom stereocenters. The number of nitrogens with zero attached hydrogens (tertiary/aromatic N) is 2. The van der Waals surface area contributed by atoms with E-state index in [2.05, 4.69) is 10.2 Å². The summed E-state index contributed by atoms with van der Waals surface area (Å²) in [4.78, 5) is 25.8. The lowest BCUT2D eigenvalue weighted by Gasteiger charge is -2.26. The van der Waals surface area contributed by atoms with Crippen LogP contribution in [0.1, 0.15) is 32.1 Å². The van der Waals surface area contributed by atoms with E-state index in [1.165, 1.54) is 7.11 Å². The normalized spacial score (nSPS) is 13.6. The Bertz CT molecular complexity index is 724. The van der Waals surface area contributed by atoms with Crippen molar-refractivity contribution in [1.29, 1.82) is 0 Å². The third-order valence-corrected chi connectivity index (χ3v) is 3.94. The molecule has 0 radical (unpaired) electrons. The van der Waals surface area contributed by atoms with Crippen LogP contribution in [0.3, 0.4) is 0 Å². The fraction of sp³-hybridized carbons (Fsp3) is 0.267. The standard InChI is InChI=1S/C15H14ClN3O3/c1-22-15(21)13-11-6-7-19(8-12(11)17-18-13)14(20)9-2-4-10(16)5-3-9/h2-5H,6-8H2,1H3,(H,17,18). The van der Waals surface area contributed by atoms with Crippen LogP contribution in [0.2, 0.25) is 5.02 Å². The minimum atomic E-state index is -0.463. The molecule has 0 atom stereocenters. The first kappa shape index (κ1) is 14.6. The monoisotopic (exact) mass is 319 g/mol. The summed E-state index contributed by atoms with van der Waals surface area (Å²) < 4.78 is 4.70. The fourth-order valence-electron chi connectivity index (χ4n) is 2.53. The van der Waals surface area contributed by atoms with Gasteiger partial charge in [-0.25, -0.2) is 4.79 Å². The van der Waals surface area contributed by atoms with Crippen LogP contribution >= 0.6 is 11.6 Å². The van der Waals surface area contributed by atoms with E-state index in [0.29, 0.717) is 35.8 Å². The van der Waals surface area contributed by atoms with Gasteiger partial charge in [0, 0.05) is 22.7 Å². The topological polar surface area (TPSA) is 75.3 Å². The van der Waals surface area contributed by atoms with E-state index in [1.54, 1.807) is 29.2 Å². The number of amides is 1. The number of rotatable bonds is 2. The van der Waals surface area contributed by atoms with Crippen molar-refractivity contribution < 1.29 is 14.3 Å². The molecule has 1 aromatic carbocycles. The Morgan fingerprint density at radius 1 is 1.32 bits per heavy atom. The van der Waals surface area contributed by atoms with Crippen LogP contribution in [0.25, 0.3) is 0 Å². The molecular formula is C15H14ClN3O3. The molecule has 1 aliphatic rings. The maximum absolute atomic E-state index is 12.5. The number of nitrogens with one attached hydrogen (secondary N) is 1. The summed E-state index contributed by atoms with van der Waals surface area (Å²) in [5, 5.41) is 7.40. The second kappa shape index (κ2) is 5.81. The summed E-state index contributed by atoms with van der Waals surface area (Å²) in [6, 6.07) is 6.78. The highest BCUT2D eigenvalue weighted by Gasteiger charge is 2.28. The fourth-order valence-corrected chi connectivity index (χ4v) is 2.66. The predicted molar refractivity (Wildman–Crippen MR) is 79.8 cm³/mol. The van der Waals surface area contributed by atoms with Crippen molar-refractivity contribution in [2.75, 3.05) is 13.7 Å². The summed E-state index contributed by atoms with van der Waals surface area (Å²) in [6.07, 6.45) is 0.565. The molecule has 1 amide bonds. The van der Waals surface area contributed by atoms with Crippen LogP contribution in [-0.4, -0.2) is 40.6 Å². The Labute approximate surface area is 132 Å². The molecule has 1 aliphatic heterocycles. The highest BCUT2D eigenvalue weighted by Crippen LogP contribution is 2.22. The first-order valence-electron chi connectivity index (χ1n) is 6.79. The smallest absolute Gasteiger partial charge is 0.358 e. The number of hydrogen-bond acceptors (Lipinski definition) is 4. The number of methoxy groups -OCH3 is 1. The molecule has 0 saturated carbocycles. The second-order valence-corrected chi connectivity index (χ2v) is 5.44. The van der Waals surface area contributed by atoms with Crippen molar-refractivity contribution in [2.24, 2.45) is 0 Å². The molecule has 3 rings (SSSR count). The summed E-state index contributed by atoms with van der Waals surface area (Å²) in [5.74, 6) is -0.536. The van der Waals surface area contributed by atoms with E-state index in [9.17, 15) is 9.59 Å². The molecule has 2 heterocycles. The molecule has 0 aliphatic carbocycles. The number of H-pyrrole nitrogens is 1. The average Bonchev–Trinajstić information content (AvgIpc) is 2.97. The summed E-state index contributed by atoms with van der Waals surface area (Å²) in [6.45, 7) is 0.915. The maximum Gasteiger partial charge on any atom is 0.358 e. The molecular weight excluding hydrogens is 306 g/mol. The van der Waals surface area contributed by atoms with Gasteiger partial charge in [-0.15, -0.1) is 0 Å². The molecule has 22 heavy (non-hydrogen) atoms. The molecule has 7 heteroatoms. The SMILES string of the molecule is COC(=O)c1n[nH]c2c1CCN(C(=O)c1ccc(Cl)cc1)C2. The minimum Gasteiger partial charge on any atom is -0.464 e. The largest absolute Gasteiger partial charge is 0.464 e. The van der Waals surface area contributed by atoms with Crippen LogP contribution in [0.4, 0.5) is 0 Å². The van der Waals surface area contributed by atoms with Gasteiger partial charge in [0.1, 0.15) is 0 Å². The first-order valence-corrected chi connectivity index (χ1v) is 7.17. The Hall–Kier alpha value is -2.34. The van der Waals surface area contributed by atoms with Crippen LogP contribution in [0.15, 0.2) is 24.3 Å². The first-order chi connectivity index (χ1) is 10.6. The van der Waals surface area contributed by atoms with Crippen molar-refractivity contribution in [1.82, 2.24) is 15.1 Å². The molecule has 0 saturated heterocycles. The Balaban J connectivity index is 1.80. The van der Waals surface area contributed by atoms with E-state index in [-0.39, 0.29) is 5.91 Å². The minimum absolute atomic E-state index is 0.0727. The number of halogens is 1. The lowest BCUT2D eigenvalue weighted by atomic mass is 10.0. The quantitative estimate of drug-likeness (QED) is 0.860. The van der Waals surface area contributed by atoms with Crippen LogP contribution < -0.4 is 0 Å². The molecule has 0 bridgehead atoms. The van der Waals surface area contributed by atoms with Gasteiger partial charge in [-0.05, 0) is 30.7 Å². The van der Waals surface area contributed by atoms with E-state index < -0.39 is 5.97 Å². The number of fused-ring (bicyclic) bond motifs is 1. The molecule has 2 aromatic rings. The number of carbonyl (C=O) groups is 2. The lowest BCUT2D eigenvalue weighted by Crippen LogP contribution is -2.36. The van der Waals surface area contributed by atoms with Crippen LogP contribution in [0.5, 0.6) is 0 Å². The van der Waals surface area contributed by atoms with Gasteiger partial charge in [0.25, 0.3) is 5.91 Å². The Morgan fingerprint density at radius 3 is 2.73 bits per heavy atom. The summed E-state index contributed by atoms with van der Waals surface area (Å²) in [5.41, 5.74) is 2.48. The number of ether oxygens (including phenoxy) is 1. The third kappa shape index (κ3) is 2.57. The van der Waals surface area contributed by atoms with Crippen LogP contribution in [0, 0.1) is 0 Å². The lowest BCUT2D eigenvalue weighted by molar-refractivity contribution is 0.0592. The Kier molecular flexibility index (Phi) is 3.85. The van der Waals surface area contributed by atoms with Crippen molar-refractivity contribution in [2.45, 2.75) is 13.0 Å². The highest BCUT2D eigenvalue weighted by atomic mass is 35.5. The zero-order valence-corrected chi connectivity index (χ0v) is 12.7. The van der Waals surface area contributed by atoms with E-state index in [4.69, 9.17) is 16.3 Å². The number of hydrogen-bond donors (Lipinski definition) is 1. The zero-order chi connectivity index (χ0) is 15.7. The number of aromatic amines is 1. The van der Waals surface area contributed by atoms with Gasteiger partial charge in [-0.2, -0.15) is 5.10 Å². The maximum atomic E-state index is 12.5. The van der Waals surface area contributed by atoms with Crippen molar-refractivity contribution >= 4 is 23.5 Å².